The van der Waals surface area contributed by atoms with Gasteiger partial charge in [-0.05, 0) is 24.3 Å². The molecule has 0 atom stereocenters. The molecule has 0 aliphatic carbocycles. The van der Waals surface area contributed by atoms with Crippen LogP contribution < -0.4 is 14.4 Å². The first-order valence-electron chi connectivity index (χ1n) is 8.44. The average Bonchev–Trinajstić information content (AvgIpc) is 3.10. The second-order valence-electron chi connectivity index (χ2n) is 6.08. The Balaban J connectivity index is 1.73. The third-order valence-corrected chi connectivity index (χ3v) is 4.56. The highest BCUT2D eigenvalue weighted by molar-refractivity contribution is 5.83. The maximum absolute atomic E-state index is 14.6. The van der Waals surface area contributed by atoms with E-state index in [4.69, 9.17) is 14.2 Å². The van der Waals surface area contributed by atoms with Gasteiger partial charge in [-0.2, -0.15) is 0 Å². The van der Waals surface area contributed by atoms with Gasteiger partial charge < -0.3 is 24.1 Å². The molecule has 1 aliphatic heterocycles. The number of aromatic nitrogens is 2. The summed E-state index contributed by atoms with van der Waals surface area (Å²) in [5.41, 5.74) is 2.78. The molecule has 1 N–H and O–H groups in total. The maximum atomic E-state index is 14.6. The zero-order valence-corrected chi connectivity index (χ0v) is 14.7. The molecular formula is C19H20FN3O3. The SMILES string of the molecule is COc1ccc(-c2nc3cc(N4CCOCC4)c(F)cc3[nH]2)cc1OC. The summed E-state index contributed by atoms with van der Waals surface area (Å²) in [6.45, 7) is 2.56. The average molecular weight is 357 g/mol. The van der Waals surface area contributed by atoms with Gasteiger partial charge in [0.2, 0.25) is 0 Å². The number of anilines is 1. The fourth-order valence-corrected chi connectivity index (χ4v) is 3.19. The molecule has 7 heteroatoms. The van der Waals surface area contributed by atoms with Gasteiger partial charge in [-0.25, -0.2) is 9.37 Å². The highest BCUT2D eigenvalue weighted by Gasteiger charge is 2.18. The number of hydrogen-bond donors (Lipinski definition) is 1. The number of ether oxygens (including phenoxy) is 3. The number of methoxy groups -OCH3 is 2. The highest BCUT2D eigenvalue weighted by Crippen LogP contribution is 2.33. The first-order valence-corrected chi connectivity index (χ1v) is 8.44. The molecule has 0 amide bonds. The molecular weight excluding hydrogens is 337 g/mol. The van der Waals surface area contributed by atoms with Crippen LogP contribution in [-0.2, 0) is 4.74 Å². The fourth-order valence-electron chi connectivity index (χ4n) is 3.19. The minimum absolute atomic E-state index is 0.262. The third kappa shape index (κ3) is 2.94. The van der Waals surface area contributed by atoms with Crippen LogP contribution in [-0.4, -0.2) is 50.5 Å². The second-order valence-corrected chi connectivity index (χ2v) is 6.08. The summed E-state index contributed by atoms with van der Waals surface area (Å²) in [6.07, 6.45) is 0. The number of nitrogens with one attached hydrogen (secondary N) is 1. The fraction of sp³-hybridized carbons (Fsp3) is 0.316. The molecule has 0 bridgehead atoms. The van der Waals surface area contributed by atoms with E-state index < -0.39 is 0 Å². The Labute approximate surface area is 150 Å². The van der Waals surface area contributed by atoms with E-state index in [1.807, 2.05) is 23.1 Å². The topological polar surface area (TPSA) is 59.6 Å². The molecule has 26 heavy (non-hydrogen) atoms. The Kier molecular flexibility index (Phi) is 4.38. The lowest BCUT2D eigenvalue weighted by molar-refractivity contribution is 0.122. The standard InChI is InChI=1S/C19H20FN3O3/c1-24-17-4-3-12(9-18(17)25-2)19-21-14-10-13(20)16(11-15(14)22-19)23-5-7-26-8-6-23/h3-4,9-11H,5-8H2,1-2H3,(H,21,22). The van der Waals surface area contributed by atoms with Crippen LogP contribution in [0.25, 0.3) is 22.4 Å². The van der Waals surface area contributed by atoms with Crippen molar-refractivity contribution >= 4 is 16.7 Å². The zero-order valence-electron chi connectivity index (χ0n) is 14.7. The monoisotopic (exact) mass is 357 g/mol. The van der Waals surface area contributed by atoms with Crippen LogP contribution in [0.3, 0.4) is 0 Å². The molecule has 1 saturated heterocycles. The van der Waals surface area contributed by atoms with Gasteiger partial charge in [-0.15, -0.1) is 0 Å². The smallest absolute Gasteiger partial charge is 0.161 e. The van der Waals surface area contributed by atoms with Crippen molar-refractivity contribution in [1.82, 2.24) is 9.97 Å². The Morgan fingerprint density at radius 3 is 2.58 bits per heavy atom. The van der Waals surface area contributed by atoms with Crippen LogP contribution >= 0.6 is 0 Å². The van der Waals surface area contributed by atoms with Crippen molar-refractivity contribution in [3.8, 4) is 22.9 Å². The number of aromatic amines is 1. The highest BCUT2D eigenvalue weighted by atomic mass is 19.1. The summed E-state index contributed by atoms with van der Waals surface area (Å²) in [6, 6.07) is 8.84. The number of rotatable bonds is 4. The number of benzene rings is 2. The van der Waals surface area contributed by atoms with Crippen molar-refractivity contribution in [3.05, 3.63) is 36.1 Å². The Hall–Kier alpha value is -2.80. The van der Waals surface area contributed by atoms with Gasteiger partial charge in [-0.1, -0.05) is 0 Å². The van der Waals surface area contributed by atoms with Crippen molar-refractivity contribution in [3.63, 3.8) is 0 Å². The molecule has 1 aliphatic rings. The molecule has 0 spiro atoms. The van der Waals surface area contributed by atoms with Crippen molar-refractivity contribution < 1.29 is 18.6 Å². The lowest BCUT2D eigenvalue weighted by Crippen LogP contribution is -2.36. The summed E-state index contributed by atoms with van der Waals surface area (Å²) >= 11 is 0. The largest absolute Gasteiger partial charge is 0.493 e. The van der Waals surface area contributed by atoms with Gasteiger partial charge in [-0.3, -0.25) is 0 Å². The molecule has 1 aromatic heterocycles. The summed E-state index contributed by atoms with van der Waals surface area (Å²) in [4.78, 5) is 9.80. The first-order chi connectivity index (χ1) is 12.7. The molecule has 1 fully saturated rings. The number of H-pyrrole nitrogens is 1. The normalized spacial score (nSPS) is 14.7. The van der Waals surface area contributed by atoms with Gasteiger partial charge >= 0.3 is 0 Å². The lowest BCUT2D eigenvalue weighted by atomic mass is 10.2. The van der Waals surface area contributed by atoms with Gasteiger partial charge in [0.1, 0.15) is 11.6 Å². The minimum atomic E-state index is -0.262. The molecule has 2 heterocycles. The molecule has 4 rings (SSSR count). The van der Waals surface area contributed by atoms with Crippen LogP contribution in [0.15, 0.2) is 30.3 Å². The second kappa shape index (κ2) is 6.84. The summed E-state index contributed by atoms with van der Waals surface area (Å²) in [7, 11) is 3.18. The van der Waals surface area contributed by atoms with E-state index >= 15 is 0 Å². The van der Waals surface area contributed by atoms with Crippen molar-refractivity contribution in [1.29, 1.82) is 0 Å². The van der Waals surface area contributed by atoms with Crippen LogP contribution in [0.4, 0.5) is 10.1 Å². The summed E-state index contributed by atoms with van der Waals surface area (Å²) in [5.74, 6) is 1.65. The van der Waals surface area contributed by atoms with Crippen molar-refractivity contribution in [2.24, 2.45) is 0 Å². The quantitative estimate of drug-likeness (QED) is 0.777. The number of morpholine rings is 1. The maximum Gasteiger partial charge on any atom is 0.161 e. The molecule has 0 saturated carbocycles. The molecule has 3 aromatic rings. The van der Waals surface area contributed by atoms with Crippen LogP contribution in [0.5, 0.6) is 11.5 Å². The molecule has 0 unspecified atom stereocenters. The third-order valence-electron chi connectivity index (χ3n) is 4.56. The Morgan fingerprint density at radius 1 is 1.08 bits per heavy atom. The zero-order chi connectivity index (χ0) is 18.1. The Bertz CT molecular complexity index is 935. The van der Waals surface area contributed by atoms with E-state index in [2.05, 4.69) is 9.97 Å². The van der Waals surface area contributed by atoms with Crippen LogP contribution in [0.1, 0.15) is 0 Å². The van der Waals surface area contributed by atoms with Crippen molar-refractivity contribution in [2.75, 3.05) is 45.4 Å². The van der Waals surface area contributed by atoms with Gasteiger partial charge in [0.15, 0.2) is 11.5 Å². The summed E-state index contributed by atoms with van der Waals surface area (Å²) in [5, 5.41) is 0. The molecule has 136 valence electrons. The molecule has 2 aromatic carbocycles. The number of hydrogen-bond acceptors (Lipinski definition) is 5. The van der Waals surface area contributed by atoms with Gasteiger partial charge in [0, 0.05) is 24.7 Å². The number of halogens is 1. The van der Waals surface area contributed by atoms with Gasteiger partial charge in [0.25, 0.3) is 0 Å². The predicted molar refractivity (Wildman–Crippen MR) is 97.6 cm³/mol. The van der Waals surface area contributed by atoms with Crippen LogP contribution in [0.2, 0.25) is 0 Å². The first kappa shape index (κ1) is 16.7. The van der Waals surface area contributed by atoms with E-state index in [0.29, 0.717) is 54.8 Å². The number of imidazole rings is 1. The predicted octanol–water partition coefficient (Wildman–Crippen LogP) is 3.22. The van der Waals surface area contributed by atoms with E-state index in [0.717, 1.165) is 11.1 Å². The molecule has 6 nitrogen and oxygen atoms in total. The minimum Gasteiger partial charge on any atom is -0.493 e. The van der Waals surface area contributed by atoms with E-state index in [9.17, 15) is 4.39 Å². The number of fused-ring (bicyclic) bond motifs is 1. The van der Waals surface area contributed by atoms with E-state index in [1.165, 1.54) is 6.07 Å². The Morgan fingerprint density at radius 2 is 1.85 bits per heavy atom. The van der Waals surface area contributed by atoms with Crippen molar-refractivity contribution in [2.45, 2.75) is 0 Å². The van der Waals surface area contributed by atoms with Gasteiger partial charge in [0.05, 0.1) is 44.2 Å². The van der Waals surface area contributed by atoms with E-state index in [-0.39, 0.29) is 5.82 Å². The van der Waals surface area contributed by atoms with Crippen LogP contribution in [0, 0.1) is 5.82 Å². The van der Waals surface area contributed by atoms with E-state index in [1.54, 1.807) is 20.3 Å². The lowest BCUT2D eigenvalue weighted by Gasteiger charge is -2.29. The molecule has 0 radical (unpaired) electrons. The summed E-state index contributed by atoms with van der Waals surface area (Å²) < 4.78 is 30.5. The number of nitrogens with zero attached hydrogens (tertiary/aromatic N) is 2.